The predicted molar refractivity (Wildman–Crippen MR) is 94.7 cm³/mol. The molecule has 0 aliphatic carbocycles. The second-order valence-electron chi connectivity index (χ2n) is 4.99. The van der Waals surface area contributed by atoms with Gasteiger partial charge in [-0.25, -0.2) is 0 Å². The minimum atomic E-state index is -0.112. The van der Waals surface area contributed by atoms with Gasteiger partial charge in [-0.15, -0.1) is 24.8 Å². The van der Waals surface area contributed by atoms with Gasteiger partial charge in [0.2, 0.25) is 0 Å². The van der Waals surface area contributed by atoms with Gasteiger partial charge in [-0.2, -0.15) is 0 Å². The molecule has 0 fully saturated rings. The Hall–Kier alpha value is -1.78. The third-order valence-corrected chi connectivity index (χ3v) is 3.55. The average molecular weight is 340 g/mol. The van der Waals surface area contributed by atoms with Crippen LogP contribution in [0.2, 0.25) is 0 Å². The molecule has 0 spiro atoms. The van der Waals surface area contributed by atoms with Gasteiger partial charge < -0.3 is 10.6 Å². The summed E-state index contributed by atoms with van der Waals surface area (Å²) in [5, 5.41) is 6.30. The number of amides is 1. The largest absolute Gasteiger partial charge is 0.385 e. The van der Waals surface area contributed by atoms with Gasteiger partial charge in [0.25, 0.3) is 5.91 Å². The Morgan fingerprint density at radius 1 is 1.27 bits per heavy atom. The van der Waals surface area contributed by atoms with Crippen molar-refractivity contribution in [2.75, 3.05) is 17.2 Å². The van der Waals surface area contributed by atoms with Gasteiger partial charge in [0.1, 0.15) is 0 Å². The molecule has 0 saturated carbocycles. The van der Waals surface area contributed by atoms with Crippen molar-refractivity contribution in [2.45, 2.75) is 19.8 Å². The van der Waals surface area contributed by atoms with Crippen molar-refractivity contribution < 1.29 is 4.79 Å². The molecule has 1 aromatic heterocycles. The number of carbonyl (C=O) groups excluding carboxylic acids is 1. The molecule has 0 bridgehead atoms. The fourth-order valence-corrected chi connectivity index (χ4v) is 2.48. The summed E-state index contributed by atoms with van der Waals surface area (Å²) in [7, 11) is 0. The summed E-state index contributed by atoms with van der Waals surface area (Å²) in [5.74, 6) is -0.112. The summed E-state index contributed by atoms with van der Waals surface area (Å²) in [6.45, 7) is 2.86. The molecule has 2 N–H and O–H groups in total. The lowest BCUT2D eigenvalue weighted by Gasteiger charge is -2.18. The van der Waals surface area contributed by atoms with Crippen molar-refractivity contribution in [3.8, 4) is 0 Å². The maximum Gasteiger partial charge on any atom is 0.257 e. The van der Waals surface area contributed by atoms with Crippen LogP contribution in [0.3, 0.4) is 0 Å². The van der Waals surface area contributed by atoms with E-state index >= 15 is 0 Å². The van der Waals surface area contributed by atoms with E-state index in [0.29, 0.717) is 5.56 Å². The van der Waals surface area contributed by atoms with Crippen LogP contribution < -0.4 is 10.6 Å². The van der Waals surface area contributed by atoms with Crippen LogP contribution in [-0.2, 0) is 6.42 Å². The van der Waals surface area contributed by atoms with E-state index in [1.165, 1.54) is 11.3 Å². The third-order valence-electron chi connectivity index (χ3n) is 3.55. The van der Waals surface area contributed by atoms with Gasteiger partial charge in [0, 0.05) is 29.8 Å². The number of fused-ring (bicyclic) bond motifs is 1. The minimum absolute atomic E-state index is 0. The molecule has 118 valence electrons. The first-order valence-electron chi connectivity index (χ1n) is 6.84. The van der Waals surface area contributed by atoms with Crippen LogP contribution in [0.15, 0.2) is 36.5 Å². The first-order chi connectivity index (χ1) is 9.74. The first kappa shape index (κ1) is 18.3. The molecular weight excluding hydrogens is 321 g/mol. The number of aromatic nitrogens is 1. The van der Waals surface area contributed by atoms with Crippen molar-refractivity contribution >= 4 is 42.1 Å². The minimum Gasteiger partial charge on any atom is -0.385 e. The lowest BCUT2D eigenvalue weighted by atomic mass is 10.0. The van der Waals surface area contributed by atoms with Crippen molar-refractivity contribution in [1.82, 2.24) is 4.98 Å². The molecule has 1 aromatic carbocycles. The maximum absolute atomic E-state index is 12.2. The SMILES string of the molecule is Cc1ncccc1C(=O)Nc1ccc2c(c1)CCCN2.Cl.Cl. The fourth-order valence-electron chi connectivity index (χ4n) is 2.48. The summed E-state index contributed by atoms with van der Waals surface area (Å²) < 4.78 is 0. The highest BCUT2D eigenvalue weighted by atomic mass is 35.5. The number of benzene rings is 1. The Bertz CT molecular complexity index is 662. The normalized spacial score (nSPS) is 12.0. The number of nitrogens with one attached hydrogen (secondary N) is 2. The molecule has 2 aromatic rings. The molecule has 0 radical (unpaired) electrons. The monoisotopic (exact) mass is 339 g/mol. The van der Waals surface area contributed by atoms with Gasteiger partial charge in [0.15, 0.2) is 0 Å². The lowest BCUT2D eigenvalue weighted by molar-refractivity contribution is 0.102. The zero-order valence-corrected chi connectivity index (χ0v) is 13.9. The van der Waals surface area contributed by atoms with Crippen LogP contribution in [0.1, 0.15) is 28.0 Å². The number of halogens is 2. The molecule has 3 rings (SSSR count). The van der Waals surface area contributed by atoms with Crippen LogP contribution in [0, 0.1) is 6.92 Å². The zero-order chi connectivity index (χ0) is 13.9. The summed E-state index contributed by atoms with van der Waals surface area (Å²) in [5.41, 5.74) is 4.62. The predicted octanol–water partition coefficient (Wildman–Crippen LogP) is 3.84. The van der Waals surface area contributed by atoms with E-state index in [1.54, 1.807) is 18.3 Å². The standard InChI is InChI=1S/C16H17N3O.2ClH/c1-11-14(5-3-8-17-11)16(20)19-13-6-7-15-12(10-13)4-2-9-18-15;;/h3,5-8,10,18H,2,4,9H2,1H3,(H,19,20);2*1H. The number of aryl methyl sites for hydroxylation is 2. The Morgan fingerprint density at radius 3 is 2.86 bits per heavy atom. The van der Waals surface area contributed by atoms with Gasteiger partial charge in [-0.3, -0.25) is 9.78 Å². The highest BCUT2D eigenvalue weighted by Crippen LogP contribution is 2.25. The van der Waals surface area contributed by atoms with Crippen LogP contribution >= 0.6 is 24.8 Å². The topological polar surface area (TPSA) is 54.0 Å². The molecule has 0 saturated heterocycles. The number of rotatable bonds is 2. The quantitative estimate of drug-likeness (QED) is 0.873. The second kappa shape index (κ2) is 8.01. The maximum atomic E-state index is 12.2. The van der Waals surface area contributed by atoms with E-state index in [-0.39, 0.29) is 30.7 Å². The highest BCUT2D eigenvalue weighted by Gasteiger charge is 2.12. The molecule has 2 heterocycles. The first-order valence-corrected chi connectivity index (χ1v) is 6.84. The van der Waals surface area contributed by atoms with Crippen LogP contribution in [0.4, 0.5) is 11.4 Å². The van der Waals surface area contributed by atoms with E-state index in [9.17, 15) is 4.79 Å². The molecule has 22 heavy (non-hydrogen) atoms. The summed E-state index contributed by atoms with van der Waals surface area (Å²) in [6, 6.07) is 9.57. The number of carbonyl (C=O) groups is 1. The lowest BCUT2D eigenvalue weighted by Crippen LogP contribution is -2.15. The Balaban J connectivity index is 0.00000121. The van der Waals surface area contributed by atoms with E-state index < -0.39 is 0 Å². The molecule has 6 heteroatoms. The summed E-state index contributed by atoms with van der Waals surface area (Å²) in [6.07, 6.45) is 3.88. The Kier molecular flexibility index (Phi) is 6.65. The zero-order valence-electron chi connectivity index (χ0n) is 12.3. The molecule has 1 aliphatic rings. The molecule has 0 atom stereocenters. The number of nitrogens with zero attached hydrogens (tertiary/aromatic N) is 1. The molecule has 4 nitrogen and oxygen atoms in total. The molecule has 0 unspecified atom stereocenters. The van der Waals surface area contributed by atoms with Crippen molar-refractivity contribution in [3.05, 3.63) is 53.3 Å². The van der Waals surface area contributed by atoms with Crippen molar-refractivity contribution in [3.63, 3.8) is 0 Å². The smallest absolute Gasteiger partial charge is 0.257 e. The van der Waals surface area contributed by atoms with Crippen molar-refractivity contribution in [2.24, 2.45) is 0 Å². The number of hydrogen-bond donors (Lipinski definition) is 2. The molecule has 1 amide bonds. The van der Waals surface area contributed by atoms with E-state index in [0.717, 1.165) is 30.8 Å². The average Bonchev–Trinajstić information content (AvgIpc) is 2.47. The van der Waals surface area contributed by atoms with E-state index in [4.69, 9.17) is 0 Å². The number of hydrogen-bond acceptors (Lipinski definition) is 3. The summed E-state index contributed by atoms with van der Waals surface area (Å²) in [4.78, 5) is 16.4. The van der Waals surface area contributed by atoms with Gasteiger partial charge >= 0.3 is 0 Å². The Morgan fingerprint density at radius 2 is 2.09 bits per heavy atom. The van der Waals surface area contributed by atoms with Crippen molar-refractivity contribution in [1.29, 1.82) is 0 Å². The Labute approximate surface area is 142 Å². The third kappa shape index (κ3) is 3.90. The van der Waals surface area contributed by atoms with E-state index in [2.05, 4.69) is 15.6 Å². The number of pyridine rings is 1. The fraction of sp³-hybridized carbons (Fsp3) is 0.250. The second-order valence-corrected chi connectivity index (χ2v) is 4.99. The van der Waals surface area contributed by atoms with Gasteiger partial charge in [0.05, 0.1) is 5.56 Å². The van der Waals surface area contributed by atoms with E-state index in [1.807, 2.05) is 25.1 Å². The molecular formula is C16H19Cl2N3O. The highest BCUT2D eigenvalue weighted by molar-refractivity contribution is 6.05. The van der Waals surface area contributed by atoms with Gasteiger partial charge in [-0.05, 0) is 55.7 Å². The van der Waals surface area contributed by atoms with Gasteiger partial charge in [-0.1, -0.05) is 0 Å². The number of anilines is 2. The van der Waals surface area contributed by atoms with Crippen LogP contribution in [0.25, 0.3) is 0 Å². The van der Waals surface area contributed by atoms with Crippen LogP contribution in [-0.4, -0.2) is 17.4 Å². The molecule has 1 aliphatic heterocycles. The summed E-state index contributed by atoms with van der Waals surface area (Å²) >= 11 is 0. The van der Waals surface area contributed by atoms with Crippen LogP contribution in [0.5, 0.6) is 0 Å².